The maximum absolute atomic E-state index is 12.6. The Morgan fingerprint density at radius 2 is 2.12 bits per heavy atom. The summed E-state index contributed by atoms with van der Waals surface area (Å²) in [4.78, 5) is 25.9. The largest absolute Gasteiger partial charge is 0.455 e. The maximum atomic E-state index is 12.6. The van der Waals surface area contributed by atoms with E-state index in [1.807, 2.05) is 11.0 Å². The van der Waals surface area contributed by atoms with Gasteiger partial charge in [0.25, 0.3) is 0 Å². The SMILES string of the molecule is C=Cc1cc(Oc2cc(C#N)c(N3CCN(C(=O)CCO)[C@H](C4CC4)C3)nc2C2CC2)ccn1. The fourth-order valence-electron chi connectivity index (χ4n) is 4.72. The average molecular weight is 460 g/mol. The van der Waals surface area contributed by atoms with Crippen LogP contribution in [-0.2, 0) is 4.79 Å². The van der Waals surface area contributed by atoms with E-state index in [-0.39, 0.29) is 25.0 Å². The number of amides is 1. The zero-order valence-electron chi connectivity index (χ0n) is 19.2. The molecule has 2 aromatic rings. The first-order chi connectivity index (χ1) is 16.6. The van der Waals surface area contributed by atoms with Crippen LogP contribution in [0.3, 0.4) is 0 Å². The Hall–Kier alpha value is -3.44. The molecule has 1 atom stereocenters. The van der Waals surface area contributed by atoms with Crippen LogP contribution >= 0.6 is 0 Å². The summed E-state index contributed by atoms with van der Waals surface area (Å²) in [6, 6.07) is 7.81. The number of rotatable bonds is 8. The van der Waals surface area contributed by atoms with Crippen LogP contribution in [-0.4, -0.2) is 58.2 Å². The van der Waals surface area contributed by atoms with Gasteiger partial charge in [0.15, 0.2) is 5.75 Å². The number of anilines is 1. The van der Waals surface area contributed by atoms with E-state index in [9.17, 15) is 15.2 Å². The lowest BCUT2D eigenvalue weighted by molar-refractivity contribution is -0.135. The van der Waals surface area contributed by atoms with Crippen molar-refractivity contribution in [3.63, 3.8) is 0 Å². The zero-order chi connectivity index (χ0) is 23.7. The van der Waals surface area contributed by atoms with Crippen LogP contribution < -0.4 is 9.64 Å². The predicted molar refractivity (Wildman–Crippen MR) is 127 cm³/mol. The molecule has 0 spiro atoms. The molecule has 2 aromatic heterocycles. The number of carbonyl (C=O) groups is 1. The van der Waals surface area contributed by atoms with Crippen LogP contribution in [0.4, 0.5) is 5.82 Å². The first kappa shape index (κ1) is 22.4. The third-order valence-corrected chi connectivity index (χ3v) is 6.80. The molecule has 3 fully saturated rings. The molecule has 1 amide bonds. The number of piperazine rings is 1. The molecule has 3 heterocycles. The van der Waals surface area contributed by atoms with Gasteiger partial charge in [0.2, 0.25) is 5.91 Å². The van der Waals surface area contributed by atoms with Crippen molar-refractivity contribution in [3.05, 3.63) is 47.9 Å². The molecule has 0 bridgehead atoms. The Morgan fingerprint density at radius 3 is 2.79 bits per heavy atom. The van der Waals surface area contributed by atoms with Gasteiger partial charge in [-0.25, -0.2) is 4.98 Å². The van der Waals surface area contributed by atoms with Crippen LogP contribution in [0.1, 0.15) is 55.0 Å². The second-order valence-electron chi connectivity index (χ2n) is 9.26. The lowest BCUT2D eigenvalue weighted by Crippen LogP contribution is -2.56. The molecular formula is C26H29N5O3. The summed E-state index contributed by atoms with van der Waals surface area (Å²) in [6.07, 6.45) is 7.82. The highest BCUT2D eigenvalue weighted by atomic mass is 16.5. The number of aliphatic hydroxyl groups excluding tert-OH is 1. The molecule has 1 saturated heterocycles. The third-order valence-electron chi connectivity index (χ3n) is 6.80. The number of aliphatic hydroxyl groups is 1. The van der Waals surface area contributed by atoms with Crippen molar-refractivity contribution in [2.24, 2.45) is 5.92 Å². The van der Waals surface area contributed by atoms with Crippen molar-refractivity contribution in [1.29, 1.82) is 5.26 Å². The summed E-state index contributed by atoms with van der Waals surface area (Å²) in [5, 5.41) is 19.2. The van der Waals surface area contributed by atoms with Crippen LogP contribution in [0.2, 0.25) is 0 Å². The van der Waals surface area contributed by atoms with Crippen LogP contribution in [0.25, 0.3) is 6.08 Å². The molecular weight excluding hydrogens is 430 g/mol. The van der Waals surface area contributed by atoms with E-state index < -0.39 is 0 Å². The second kappa shape index (κ2) is 9.43. The molecule has 3 aliphatic rings. The first-order valence-corrected chi connectivity index (χ1v) is 12.0. The van der Waals surface area contributed by atoms with Gasteiger partial charge < -0.3 is 19.6 Å². The summed E-state index contributed by atoms with van der Waals surface area (Å²) < 4.78 is 6.19. The quantitative estimate of drug-likeness (QED) is 0.645. The molecule has 2 aliphatic carbocycles. The number of nitriles is 1. The normalized spacial score (nSPS) is 20.1. The molecule has 0 radical (unpaired) electrons. The van der Waals surface area contributed by atoms with Gasteiger partial charge in [0, 0.05) is 50.3 Å². The van der Waals surface area contributed by atoms with E-state index in [1.54, 1.807) is 24.4 Å². The van der Waals surface area contributed by atoms with E-state index in [4.69, 9.17) is 9.72 Å². The minimum Gasteiger partial charge on any atom is -0.455 e. The topological polar surface area (TPSA) is 103 Å². The van der Waals surface area contributed by atoms with E-state index in [0.29, 0.717) is 54.4 Å². The highest BCUT2D eigenvalue weighted by Crippen LogP contribution is 2.46. The molecule has 34 heavy (non-hydrogen) atoms. The van der Waals surface area contributed by atoms with Crippen molar-refractivity contribution in [2.75, 3.05) is 31.1 Å². The van der Waals surface area contributed by atoms with Gasteiger partial charge in [-0.15, -0.1) is 0 Å². The smallest absolute Gasteiger partial charge is 0.225 e. The van der Waals surface area contributed by atoms with Gasteiger partial charge in [0.1, 0.15) is 17.6 Å². The Kier molecular flexibility index (Phi) is 6.20. The fraction of sp³-hybridized carbons (Fsp3) is 0.462. The fourth-order valence-corrected chi connectivity index (χ4v) is 4.72. The van der Waals surface area contributed by atoms with Gasteiger partial charge in [-0.3, -0.25) is 9.78 Å². The summed E-state index contributed by atoms with van der Waals surface area (Å²) in [5.74, 6) is 2.74. The highest BCUT2D eigenvalue weighted by molar-refractivity contribution is 5.77. The number of ether oxygens (including phenoxy) is 1. The van der Waals surface area contributed by atoms with Crippen LogP contribution in [0.5, 0.6) is 11.5 Å². The standard InChI is InChI=1S/C26H29N5O3/c1-2-20-14-21(7-9-28-20)34-23-13-19(15-27)26(29-25(23)18-5-6-18)30-10-11-31(24(33)8-12-32)22(16-30)17-3-4-17/h2,7,9,13-14,17-18,22,32H,1,3-6,8,10-12,16H2/t22-/m0/s1. The summed E-state index contributed by atoms with van der Waals surface area (Å²) >= 11 is 0. The van der Waals surface area contributed by atoms with E-state index in [1.165, 1.54) is 0 Å². The summed E-state index contributed by atoms with van der Waals surface area (Å²) in [5.41, 5.74) is 2.07. The number of hydrogen-bond donors (Lipinski definition) is 1. The monoisotopic (exact) mass is 459 g/mol. The summed E-state index contributed by atoms with van der Waals surface area (Å²) in [7, 11) is 0. The molecule has 2 saturated carbocycles. The minimum absolute atomic E-state index is 0.00572. The van der Waals surface area contributed by atoms with E-state index >= 15 is 0 Å². The van der Waals surface area contributed by atoms with Gasteiger partial charge in [0.05, 0.1) is 29.6 Å². The Morgan fingerprint density at radius 1 is 1.29 bits per heavy atom. The lowest BCUT2D eigenvalue weighted by Gasteiger charge is -2.42. The van der Waals surface area contributed by atoms with E-state index in [0.717, 1.165) is 37.1 Å². The molecule has 5 rings (SSSR count). The average Bonchev–Trinajstić information content (AvgIpc) is 3.77. The van der Waals surface area contributed by atoms with Crippen LogP contribution in [0, 0.1) is 17.2 Å². The highest BCUT2D eigenvalue weighted by Gasteiger charge is 2.41. The van der Waals surface area contributed by atoms with Crippen molar-refractivity contribution >= 4 is 17.8 Å². The van der Waals surface area contributed by atoms with Crippen LogP contribution in [0.15, 0.2) is 31.0 Å². The summed E-state index contributed by atoms with van der Waals surface area (Å²) in [6.45, 7) is 5.47. The predicted octanol–water partition coefficient (Wildman–Crippen LogP) is 3.47. The number of hydrogen-bond acceptors (Lipinski definition) is 7. The molecule has 0 unspecified atom stereocenters. The zero-order valence-corrected chi connectivity index (χ0v) is 19.2. The number of nitrogens with zero attached hydrogens (tertiary/aromatic N) is 5. The second-order valence-corrected chi connectivity index (χ2v) is 9.26. The third kappa shape index (κ3) is 4.62. The minimum atomic E-state index is -0.130. The van der Waals surface area contributed by atoms with Crippen molar-refractivity contribution in [2.45, 2.75) is 44.1 Å². The molecule has 8 nitrogen and oxygen atoms in total. The van der Waals surface area contributed by atoms with Gasteiger partial charge in [-0.05, 0) is 43.7 Å². The number of aromatic nitrogens is 2. The van der Waals surface area contributed by atoms with Gasteiger partial charge >= 0.3 is 0 Å². The molecule has 176 valence electrons. The molecule has 1 aliphatic heterocycles. The molecule has 1 N–H and O–H groups in total. The van der Waals surface area contributed by atoms with E-state index in [2.05, 4.69) is 22.5 Å². The Balaban J connectivity index is 1.44. The molecule has 0 aromatic carbocycles. The Labute approximate surface area is 199 Å². The number of carbonyl (C=O) groups excluding carboxylic acids is 1. The van der Waals surface area contributed by atoms with Gasteiger partial charge in [-0.1, -0.05) is 6.58 Å². The maximum Gasteiger partial charge on any atom is 0.225 e. The Bertz CT molecular complexity index is 1140. The number of pyridine rings is 2. The first-order valence-electron chi connectivity index (χ1n) is 12.0. The molecule has 8 heteroatoms. The van der Waals surface area contributed by atoms with Crippen molar-refractivity contribution in [3.8, 4) is 17.6 Å². The van der Waals surface area contributed by atoms with Gasteiger partial charge in [-0.2, -0.15) is 5.26 Å². The lowest BCUT2D eigenvalue weighted by atomic mass is 10.0. The van der Waals surface area contributed by atoms with Crippen molar-refractivity contribution < 1.29 is 14.6 Å². The van der Waals surface area contributed by atoms with Crippen molar-refractivity contribution in [1.82, 2.24) is 14.9 Å².